The Hall–Kier alpha value is -1.07. The SMILES string of the molecule is CCC(C)(C)N1CCC(N(C)CCc2ccc(C(F)(F)F)cc2)CC1. The quantitative estimate of drug-likeness (QED) is 0.720. The Bertz CT molecular complexity index is 529. The topological polar surface area (TPSA) is 6.48 Å². The van der Waals surface area contributed by atoms with Gasteiger partial charge in [-0.05, 0) is 64.3 Å². The Labute approximate surface area is 150 Å². The van der Waals surface area contributed by atoms with Crippen LogP contribution in [0.2, 0.25) is 0 Å². The molecule has 0 spiro atoms. The monoisotopic (exact) mass is 356 g/mol. The summed E-state index contributed by atoms with van der Waals surface area (Å²) in [7, 11) is 2.13. The molecule has 0 amide bonds. The van der Waals surface area contributed by atoms with Gasteiger partial charge in [-0.3, -0.25) is 4.90 Å². The van der Waals surface area contributed by atoms with Crippen molar-refractivity contribution in [2.24, 2.45) is 0 Å². The van der Waals surface area contributed by atoms with Crippen molar-refractivity contribution in [3.63, 3.8) is 0 Å². The number of rotatable bonds is 6. The van der Waals surface area contributed by atoms with Gasteiger partial charge in [-0.15, -0.1) is 0 Å². The average Bonchev–Trinajstić information content (AvgIpc) is 2.59. The Morgan fingerprint density at radius 2 is 1.64 bits per heavy atom. The van der Waals surface area contributed by atoms with E-state index in [-0.39, 0.29) is 5.54 Å². The van der Waals surface area contributed by atoms with E-state index in [4.69, 9.17) is 0 Å². The number of benzene rings is 1. The molecule has 0 aromatic heterocycles. The summed E-state index contributed by atoms with van der Waals surface area (Å²) in [6.45, 7) is 9.98. The minimum absolute atomic E-state index is 0.268. The fourth-order valence-corrected chi connectivity index (χ4v) is 3.48. The van der Waals surface area contributed by atoms with Gasteiger partial charge in [0.2, 0.25) is 0 Å². The van der Waals surface area contributed by atoms with Crippen LogP contribution in [-0.4, -0.2) is 48.1 Å². The highest BCUT2D eigenvalue weighted by molar-refractivity contribution is 5.24. The fraction of sp³-hybridized carbons (Fsp3) is 0.700. The summed E-state index contributed by atoms with van der Waals surface area (Å²) in [4.78, 5) is 4.95. The Kier molecular flexibility index (Phi) is 6.55. The molecular weight excluding hydrogens is 325 g/mol. The summed E-state index contributed by atoms with van der Waals surface area (Å²) in [6, 6.07) is 6.13. The number of nitrogens with zero attached hydrogens (tertiary/aromatic N) is 2. The second kappa shape index (κ2) is 8.09. The van der Waals surface area contributed by atoms with Crippen LogP contribution in [0.25, 0.3) is 0 Å². The molecule has 25 heavy (non-hydrogen) atoms. The van der Waals surface area contributed by atoms with Gasteiger partial charge in [0.15, 0.2) is 0 Å². The molecule has 0 aliphatic carbocycles. The predicted molar refractivity (Wildman–Crippen MR) is 96.7 cm³/mol. The van der Waals surface area contributed by atoms with Crippen LogP contribution in [0.4, 0.5) is 13.2 Å². The van der Waals surface area contributed by atoms with Gasteiger partial charge < -0.3 is 4.90 Å². The summed E-state index contributed by atoms with van der Waals surface area (Å²) in [5, 5.41) is 0. The van der Waals surface area contributed by atoms with Crippen LogP contribution in [0.5, 0.6) is 0 Å². The molecule has 0 atom stereocenters. The number of halogens is 3. The van der Waals surface area contributed by atoms with Crippen molar-refractivity contribution in [1.29, 1.82) is 0 Å². The number of hydrogen-bond acceptors (Lipinski definition) is 2. The second-order valence-electron chi connectivity index (χ2n) is 7.81. The zero-order valence-corrected chi connectivity index (χ0v) is 15.9. The highest BCUT2D eigenvalue weighted by Gasteiger charge is 2.31. The van der Waals surface area contributed by atoms with Crippen molar-refractivity contribution in [3.05, 3.63) is 35.4 Å². The molecule has 2 rings (SSSR count). The van der Waals surface area contributed by atoms with E-state index in [1.807, 2.05) is 0 Å². The third kappa shape index (κ3) is 5.45. The molecule has 0 radical (unpaired) electrons. The van der Waals surface area contributed by atoms with Crippen LogP contribution in [0.1, 0.15) is 51.2 Å². The molecule has 1 heterocycles. The standard InChI is InChI=1S/C20H31F3N2/c1-5-19(2,3)25-14-11-18(12-15-25)24(4)13-10-16-6-8-17(9-7-16)20(21,22)23/h6-9,18H,5,10-15H2,1-4H3. The molecule has 5 heteroatoms. The van der Waals surface area contributed by atoms with Gasteiger partial charge in [-0.2, -0.15) is 13.2 Å². The van der Waals surface area contributed by atoms with E-state index >= 15 is 0 Å². The third-order valence-electron chi connectivity index (χ3n) is 5.84. The summed E-state index contributed by atoms with van der Waals surface area (Å²) < 4.78 is 37.8. The van der Waals surface area contributed by atoms with E-state index in [9.17, 15) is 13.2 Å². The molecule has 142 valence electrons. The Morgan fingerprint density at radius 1 is 1.08 bits per heavy atom. The molecule has 2 nitrogen and oxygen atoms in total. The highest BCUT2D eigenvalue weighted by atomic mass is 19.4. The molecule has 0 saturated carbocycles. The Balaban J connectivity index is 1.80. The number of likely N-dealkylation sites (N-methyl/N-ethyl adjacent to an activating group) is 1. The fourth-order valence-electron chi connectivity index (χ4n) is 3.48. The van der Waals surface area contributed by atoms with Crippen LogP contribution in [0, 0.1) is 0 Å². The minimum Gasteiger partial charge on any atom is -0.303 e. The molecule has 1 fully saturated rings. The van der Waals surface area contributed by atoms with E-state index in [2.05, 4.69) is 37.6 Å². The van der Waals surface area contributed by atoms with Crippen LogP contribution in [0.15, 0.2) is 24.3 Å². The molecular formula is C20H31F3N2. The number of alkyl halides is 3. The maximum Gasteiger partial charge on any atom is 0.416 e. The molecule has 0 bridgehead atoms. The summed E-state index contributed by atoms with van der Waals surface area (Å²) >= 11 is 0. The lowest BCUT2D eigenvalue weighted by atomic mass is 9.93. The minimum atomic E-state index is -4.25. The lowest BCUT2D eigenvalue weighted by Gasteiger charge is -2.44. The third-order valence-corrected chi connectivity index (χ3v) is 5.84. The maximum absolute atomic E-state index is 12.6. The molecule has 1 aliphatic heterocycles. The van der Waals surface area contributed by atoms with Gasteiger partial charge in [-0.25, -0.2) is 0 Å². The zero-order valence-electron chi connectivity index (χ0n) is 15.9. The molecule has 0 N–H and O–H groups in total. The summed E-state index contributed by atoms with van der Waals surface area (Å²) in [5.74, 6) is 0. The molecule has 0 unspecified atom stereocenters. The first kappa shape index (κ1) is 20.2. The number of piperidine rings is 1. The van der Waals surface area contributed by atoms with Crippen molar-refractivity contribution in [3.8, 4) is 0 Å². The van der Waals surface area contributed by atoms with Gasteiger partial charge >= 0.3 is 6.18 Å². The largest absolute Gasteiger partial charge is 0.416 e. The number of hydrogen-bond donors (Lipinski definition) is 0. The first-order chi connectivity index (χ1) is 11.6. The Morgan fingerprint density at radius 3 is 2.12 bits per heavy atom. The first-order valence-corrected chi connectivity index (χ1v) is 9.25. The van der Waals surface area contributed by atoms with Gasteiger partial charge in [0, 0.05) is 31.2 Å². The van der Waals surface area contributed by atoms with E-state index in [0.717, 1.165) is 50.9 Å². The van der Waals surface area contributed by atoms with Gasteiger partial charge in [-0.1, -0.05) is 19.1 Å². The molecule has 1 aromatic rings. The van der Waals surface area contributed by atoms with Crippen molar-refractivity contribution in [2.75, 3.05) is 26.7 Å². The lowest BCUT2D eigenvalue weighted by molar-refractivity contribution is -0.137. The van der Waals surface area contributed by atoms with E-state index in [1.165, 1.54) is 12.1 Å². The molecule has 1 aliphatic rings. The summed E-state index contributed by atoms with van der Waals surface area (Å²) in [6.07, 6.45) is 0.00612. The van der Waals surface area contributed by atoms with Crippen molar-refractivity contribution in [2.45, 2.75) is 64.2 Å². The smallest absolute Gasteiger partial charge is 0.303 e. The van der Waals surface area contributed by atoms with Crippen molar-refractivity contribution < 1.29 is 13.2 Å². The second-order valence-corrected chi connectivity index (χ2v) is 7.81. The van der Waals surface area contributed by atoms with E-state index in [0.29, 0.717) is 6.04 Å². The van der Waals surface area contributed by atoms with Gasteiger partial charge in [0.25, 0.3) is 0 Å². The normalized spacial score (nSPS) is 18.1. The first-order valence-electron chi connectivity index (χ1n) is 9.25. The van der Waals surface area contributed by atoms with Crippen LogP contribution >= 0.6 is 0 Å². The molecule has 1 saturated heterocycles. The molecule has 1 aromatic carbocycles. The summed E-state index contributed by atoms with van der Waals surface area (Å²) in [5.41, 5.74) is 0.656. The van der Waals surface area contributed by atoms with Crippen molar-refractivity contribution >= 4 is 0 Å². The zero-order chi connectivity index (χ0) is 18.7. The van der Waals surface area contributed by atoms with E-state index < -0.39 is 11.7 Å². The predicted octanol–water partition coefficient (Wildman–Crippen LogP) is 4.83. The highest BCUT2D eigenvalue weighted by Crippen LogP contribution is 2.29. The number of likely N-dealkylation sites (tertiary alicyclic amines) is 1. The maximum atomic E-state index is 12.6. The van der Waals surface area contributed by atoms with Crippen LogP contribution in [-0.2, 0) is 12.6 Å². The van der Waals surface area contributed by atoms with E-state index in [1.54, 1.807) is 12.1 Å². The van der Waals surface area contributed by atoms with Gasteiger partial charge in [0.05, 0.1) is 5.56 Å². The van der Waals surface area contributed by atoms with Gasteiger partial charge in [0.1, 0.15) is 0 Å². The van der Waals surface area contributed by atoms with Crippen molar-refractivity contribution in [1.82, 2.24) is 9.80 Å². The van der Waals surface area contributed by atoms with Crippen LogP contribution in [0.3, 0.4) is 0 Å². The average molecular weight is 356 g/mol. The van der Waals surface area contributed by atoms with Crippen LogP contribution < -0.4 is 0 Å². The lowest BCUT2D eigenvalue weighted by Crippen LogP contribution is -2.51.